The number of hydrogen-bond donors (Lipinski definition) is 1. The van der Waals surface area contributed by atoms with E-state index in [1.807, 2.05) is 0 Å². The Kier molecular flexibility index (Phi) is 2.15. The van der Waals surface area contributed by atoms with E-state index in [0.29, 0.717) is 5.56 Å². The number of allylic oxidation sites excluding steroid dienone is 2. The first-order valence-electron chi connectivity index (χ1n) is 4.38. The number of nitrogens with zero attached hydrogens (tertiary/aromatic N) is 1. The summed E-state index contributed by atoms with van der Waals surface area (Å²) in [6, 6.07) is 3.17. The summed E-state index contributed by atoms with van der Waals surface area (Å²) in [6.45, 7) is 0. The van der Waals surface area contributed by atoms with Crippen molar-refractivity contribution in [3.05, 3.63) is 40.8 Å². The number of nitrogens with one attached hydrogen (secondary N) is 1. The quantitative estimate of drug-likeness (QED) is 0.648. The van der Waals surface area contributed by atoms with Crippen LogP contribution in [0.1, 0.15) is 20.8 Å². The second-order valence-corrected chi connectivity index (χ2v) is 3.10. The monoisotopic (exact) mass is 198 g/mol. The molecular formula is C10H7BN2O2. The first kappa shape index (κ1) is 9.64. The molecule has 2 rings (SSSR count). The normalized spacial score (nSPS) is 15.3. The lowest BCUT2D eigenvalue weighted by atomic mass is 9.80. The molecule has 2 radical (unpaired) electrons. The number of carbonyl (C=O) groups excluding carboxylic acids is 2. The fourth-order valence-electron chi connectivity index (χ4n) is 1.52. The molecule has 0 bridgehead atoms. The zero-order valence-electron chi connectivity index (χ0n) is 8.07. The summed E-state index contributed by atoms with van der Waals surface area (Å²) in [5.41, 5.74) is 0.481. The highest BCUT2D eigenvalue weighted by atomic mass is 16.1. The lowest BCUT2D eigenvalue weighted by Crippen LogP contribution is -2.29. The predicted molar refractivity (Wildman–Crippen MR) is 54.7 cm³/mol. The summed E-state index contributed by atoms with van der Waals surface area (Å²) in [6.07, 6.45) is 1.46. The molecule has 0 saturated carbocycles. The predicted octanol–water partition coefficient (Wildman–Crippen LogP) is 0.0601. The van der Waals surface area contributed by atoms with Crippen LogP contribution in [-0.4, -0.2) is 31.4 Å². The van der Waals surface area contributed by atoms with Crippen LogP contribution in [0.3, 0.4) is 0 Å². The summed E-state index contributed by atoms with van der Waals surface area (Å²) in [7, 11) is 7.10. The maximum absolute atomic E-state index is 11.8. The number of Topliss-reactive ketones (excluding diaryl/α,β-unsaturated/α-hetero) is 2. The van der Waals surface area contributed by atoms with Gasteiger partial charge in [-0.2, -0.15) is 0 Å². The van der Waals surface area contributed by atoms with Crippen molar-refractivity contribution in [3.63, 3.8) is 0 Å². The Labute approximate surface area is 87.8 Å². The number of pyridine rings is 1. The Morgan fingerprint density at radius 2 is 2.07 bits per heavy atom. The van der Waals surface area contributed by atoms with Crippen LogP contribution in [0.25, 0.3) is 0 Å². The molecule has 4 nitrogen and oxygen atoms in total. The van der Waals surface area contributed by atoms with Crippen LogP contribution in [0.4, 0.5) is 0 Å². The van der Waals surface area contributed by atoms with Crippen molar-refractivity contribution in [3.8, 4) is 0 Å². The van der Waals surface area contributed by atoms with E-state index in [2.05, 4.69) is 10.3 Å². The van der Waals surface area contributed by atoms with Gasteiger partial charge in [0.05, 0.1) is 11.3 Å². The molecule has 0 aliphatic heterocycles. The molecule has 15 heavy (non-hydrogen) atoms. The fourth-order valence-corrected chi connectivity index (χ4v) is 1.52. The van der Waals surface area contributed by atoms with Crippen molar-refractivity contribution < 1.29 is 9.59 Å². The summed E-state index contributed by atoms with van der Waals surface area (Å²) >= 11 is 0. The number of rotatable bonds is 1. The van der Waals surface area contributed by atoms with Crippen molar-refractivity contribution >= 4 is 19.4 Å². The highest BCUT2D eigenvalue weighted by Gasteiger charge is 2.29. The van der Waals surface area contributed by atoms with Gasteiger partial charge >= 0.3 is 0 Å². The van der Waals surface area contributed by atoms with Gasteiger partial charge < -0.3 is 5.32 Å². The lowest BCUT2D eigenvalue weighted by molar-refractivity contribution is 0.0972. The molecule has 0 aromatic carbocycles. The summed E-state index contributed by atoms with van der Waals surface area (Å²) in [5.74, 6) is -0.702. The van der Waals surface area contributed by atoms with Crippen molar-refractivity contribution in [2.75, 3.05) is 7.05 Å². The van der Waals surface area contributed by atoms with Crippen LogP contribution in [0.5, 0.6) is 0 Å². The topological polar surface area (TPSA) is 59.1 Å². The van der Waals surface area contributed by atoms with Crippen LogP contribution < -0.4 is 5.32 Å². The van der Waals surface area contributed by atoms with Gasteiger partial charge in [0.2, 0.25) is 5.78 Å². The van der Waals surface area contributed by atoms with Gasteiger partial charge in [-0.25, -0.2) is 0 Å². The van der Waals surface area contributed by atoms with E-state index in [0.717, 1.165) is 0 Å². The van der Waals surface area contributed by atoms with Gasteiger partial charge in [-0.3, -0.25) is 14.6 Å². The molecular weight excluding hydrogens is 191 g/mol. The van der Waals surface area contributed by atoms with E-state index in [1.165, 1.54) is 6.20 Å². The molecule has 0 saturated heterocycles. The molecule has 5 heteroatoms. The first-order chi connectivity index (χ1) is 7.16. The number of aromatic nitrogens is 1. The van der Waals surface area contributed by atoms with Crippen LogP contribution in [0, 0.1) is 0 Å². The third-order valence-corrected chi connectivity index (χ3v) is 2.26. The largest absolute Gasteiger partial charge is 0.385 e. The zero-order chi connectivity index (χ0) is 11.0. The van der Waals surface area contributed by atoms with Gasteiger partial charge in [0.1, 0.15) is 13.5 Å². The third kappa shape index (κ3) is 1.27. The Balaban J connectivity index is 2.68. The average Bonchev–Trinajstić information content (AvgIpc) is 2.27. The smallest absolute Gasteiger partial charge is 0.210 e. The highest BCUT2D eigenvalue weighted by Crippen LogP contribution is 2.21. The van der Waals surface area contributed by atoms with E-state index in [-0.39, 0.29) is 22.6 Å². The van der Waals surface area contributed by atoms with E-state index in [1.54, 1.807) is 19.2 Å². The molecule has 1 aliphatic carbocycles. The second-order valence-electron chi connectivity index (χ2n) is 3.10. The minimum absolute atomic E-state index is 0.0753. The number of fused-ring (bicyclic) bond motifs is 1. The van der Waals surface area contributed by atoms with Crippen molar-refractivity contribution in [2.45, 2.75) is 0 Å². The maximum atomic E-state index is 11.8. The molecule has 0 spiro atoms. The van der Waals surface area contributed by atoms with Gasteiger partial charge in [0, 0.05) is 13.2 Å². The fraction of sp³-hybridized carbons (Fsp3) is 0.100. The minimum atomic E-state index is -0.408. The van der Waals surface area contributed by atoms with Gasteiger partial charge in [-0.15, -0.1) is 0 Å². The molecule has 1 aliphatic rings. The highest BCUT2D eigenvalue weighted by molar-refractivity contribution is 6.45. The number of ketones is 2. The van der Waals surface area contributed by atoms with Crippen LogP contribution in [0.15, 0.2) is 29.5 Å². The molecule has 0 amide bonds. The summed E-state index contributed by atoms with van der Waals surface area (Å²) < 4.78 is 0. The average molecular weight is 198 g/mol. The SMILES string of the molecule is [B]C1=C(NC)C(=O)c2cccnc2C1=O. The summed E-state index contributed by atoms with van der Waals surface area (Å²) in [5, 5.41) is 2.63. The van der Waals surface area contributed by atoms with E-state index < -0.39 is 5.78 Å². The number of hydrogen-bond acceptors (Lipinski definition) is 4. The maximum Gasteiger partial charge on any atom is 0.210 e. The van der Waals surface area contributed by atoms with Crippen LogP contribution in [-0.2, 0) is 0 Å². The molecule has 1 N–H and O–H groups in total. The van der Waals surface area contributed by atoms with Gasteiger partial charge in [0.15, 0.2) is 5.78 Å². The molecule has 1 aromatic rings. The van der Waals surface area contributed by atoms with E-state index in [9.17, 15) is 9.59 Å². The van der Waals surface area contributed by atoms with Gasteiger partial charge in [0.25, 0.3) is 0 Å². The standard InChI is InChI=1S/C10H7BN2O2/c1-12-8-6(11)10(15)7-5(9(8)14)3-2-4-13-7/h2-4,12H,1H3. The summed E-state index contributed by atoms with van der Waals surface area (Å²) in [4.78, 5) is 27.4. The molecule has 1 aromatic heterocycles. The number of likely N-dealkylation sites (N-methyl/N-ethyl adjacent to an activating group) is 1. The van der Waals surface area contributed by atoms with E-state index in [4.69, 9.17) is 7.85 Å². The van der Waals surface area contributed by atoms with Gasteiger partial charge in [-0.05, 0) is 17.6 Å². The number of carbonyl (C=O) groups is 2. The molecule has 0 unspecified atom stereocenters. The third-order valence-electron chi connectivity index (χ3n) is 2.26. The van der Waals surface area contributed by atoms with Gasteiger partial charge in [-0.1, -0.05) is 0 Å². The first-order valence-corrected chi connectivity index (χ1v) is 4.38. The lowest BCUT2D eigenvalue weighted by Gasteiger charge is -2.17. The second kappa shape index (κ2) is 3.35. The Morgan fingerprint density at radius 1 is 1.33 bits per heavy atom. The Hall–Kier alpha value is -1.91. The minimum Gasteiger partial charge on any atom is -0.385 e. The van der Waals surface area contributed by atoms with Crippen molar-refractivity contribution in [1.29, 1.82) is 0 Å². The Morgan fingerprint density at radius 3 is 2.73 bits per heavy atom. The van der Waals surface area contributed by atoms with Crippen LogP contribution >= 0.6 is 0 Å². The Bertz CT molecular complexity index is 494. The van der Waals surface area contributed by atoms with E-state index >= 15 is 0 Å². The zero-order valence-corrected chi connectivity index (χ0v) is 8.07. The van der Waals surface area contributed by atoms with Crippen molar-refractivity contribution in [1.82, 2.24) is 10.3 Å². The molecule has 72 valence electrons. The van der Waals surface area contributed by atoms with Crippen molar-refractivity contribution in [2.24, 2.45) is 0 Å². The van der Waals surface area contributed by atoms with Crippen LogP contribution in [0.2, 0.25) is 0 Å². The molecule has 0 fully saturated rings. The molecule has 1 heterocycles. The molecule has 0 atom stereocenters.